The lowest BCUT2D eigenvalue weighted by atomic mass is 9.88. The fraction of sp³-hybridized carbons (Fsp3) is 0.400. The van der Waals surface area contributed by atoms with Crippen molar-refractivity contribution in [1.29, 1.82) is 0 Å². The maximum atomic E-state index is 12.8. The summed E-state index contributed by atoms with van der Waals surface area (Å²) < 4.78 is 28.9. The lowest BCUT2D eigenvalue weighted by Gasteiger charge is -2.25. The summed E-state index contributed by atoms with van der Waals surface area (Å²) in [4.78, 5) is 0.250. The van der Waals surface area contributed by atoms with Crippen LogP contribution in [0.2, 0.25) is 0 Å². The Balaban J connectivity index is 1.62. The molecular formula is C20H25N5O2S. The van der Waals surface area contributed by atoms with Gasteiger partial charge in [0.05, 0.1) is 4.90 Å². The summed E-state index contributed by atoms with van der Waals surface area (Å²) in [7, 11) is -3.53. The topological polar surface area (TPSA) is 79.6 Å². The molecule has 28 heavy (non-hydrogen) atoms. The van der Waals surface area contributed by atoms with Gasteiger partial charge in [0.1, 0.15) is 0 Å². The fourth-order valence-electron chi connectivity index (χ4n) is 3.84. The molecule has 0 bridgehead atoms. The first-order chi connectivity index (χ1) is 13.5. The molecule has 1 aliphatic rings. The van der Waals surface area contributed by atoms with Crippen molar-refractivity contribution in [2.45, 2.75) is 44.0 Å². The summed E-state index contributed by atoms with van der Waals surface area (Å²) in [6.07, 6.45) is 4.56. The fourth-order valence-corrected chi connectivity index (χ4v) is 5.30. The van der Waals surface area contributed by atoms with Crippen LogP contribution in [-0.2, 0) is 22.9 Å². The van der Waals surface area contributed by atoms with Crippen LogP contribution in [0, 0.1) is 0 Å². The molecule has 0 fully saturated rings. The Bertz CT molecular complexity index is 1090. The van der Waals surface area contributed by atoms with Gasteiger partial charge in [-0.1, -0.05) is 38.1 Å². The number of anilines is 1. The Labute approximate surface area is 165 Å². The summed E-state index contributed by atoms with van der Waals surface area (Å²) in [5, 5.41) is 11.9. The maximum absolute atomic E-state index is 12.8. The average molecular weight is 400 g/mol. The van der Waals surface area contributed by atoms with E-state index < -0.39 is 10.0 Å². The van der Waals surface area contributed by atoms with Gasteiger partial charge in [-0.2, -0.15) is 4.31 Å². The molecule has 2 heterocycles. The van der Waals surface area contributed by atoms with E-state index in [0.717, 1.165) is 19.3 Å². The first-order valence-corrected chi connectivity index (χ1v) is 11.1. The van der Waals surface area contributed by atoms with Gasteiger partial charge in [-0.3, -0.25) is 4.40 Å². The van der Waals surface area contributed by atoms with E-state index >= 15 is 0 Å². The smallest absolute Gasteiger partial charge is 0.244 e. The Kier molecular flexibility index (Phi) is 5.07. The van der Waals surface area contributed by atoms with Crippen molar-refractivity contribution in [3.63, 3.8) is 0 Å². The van der Waals surface area contributed by atoms with Crippen molar-refractivity contribution in [3.8, 4) is 0 Å². The van der Waals surface area contributed by atoms with Crippen LogP contribution in [0.1, 0.15) is 31.4 Å². The molecule has 1 N–H and O–H groups in total. The maximum Gasteiger partial charge on any atom is 0.244 e. The number of hydrogen-bond acceptors (Lipinski definition) is 5. The second-order valence-corrected chi connectivity index (χ2v) is 9.00. The average Bonchev–Trinajstić information content (AvgIpc) is 3.11. The van der Waals surface area contributed by atoms with Crippen LogP contribution < -0.4 is 5.32 Å². The first kappa shape index (κ1) is 18.9. The molecule has 1 unspecified atom stereocenters. The predicted molar refractivity (Wildman–Crippen MR) is 109 cm³/mol. The number of nitrogens with zero attached hydrogens (tertiary/aromatic N) is 4. The summed E-state index contributed by atoms with van der Waals surface area (Å²) in [5.74, 6) is 0.580. The Hall–Kier alpha value is -2.45. The quantitative estimate of drug-likeness (QED) is 0.689. The molecule has 0 aliphatic heterocycles. The van der Waals surface area contributed by atoms with Crippen molar-refractivity contribution in [2.24, 2.45) is 0 Å². The van der Waals surface area contributed by atoms with Gasteiger partial charge in [-0.05, 0) is 42.5 Å². The molecular weight excluding hydrogens is 374 g/mol. The number of nitrogens with one attached hydrogen (secondary N) is 1. The third kappa shape index (κ3) is 3.38. The van der Waals surface area contributed by atoms with Gasteiger partial charge in [0, 0.05) is 25.3 Å². The van der Waals surface area contributed by atoms with Gasteiger partial charge in [-0.15, -0.1) is 10.2 Å². The van der Waals surface area contributed by atoms with E-state index in [1.54, 1.807) is 22.7 Å². The number of sulfonamides is 1. The SMILES string of the molecule is CCN(CC)S(=O)(=O)c1ccc2nnc(NC3CCc4ccccc4C3)n2c1. The van der Waals surface area contributed by atoms with Crippen molar-refractivity contribution in [3.05, 3.63) is 53.7 Å². The van der Waals surface area contributed by atoms with Crippen molar-refractivity contribution in [2.75, 3.05) is 18.4 Å². The number of rotatable bonds is 6. The van der Waals surface area contributed by atoms with E-state index in [2.05, 4.69) is 39.8 Å². The van der Waals surface area contributed by atoms with Crippen LogP contribution >= 0.6 is 0 Å². The van der Waals surface area contributed by atoms with Crippen LogP contribution in [0.15, 0.2) is 47.5 Å². The molecule has 2 aromatic heterocycles. The van der Waals surface area contributed by atoms with Crippen LogP contribution in [-0.4, -0.2) is 46.5 Å². The monoisotopic (exact) mass is 399 g/mol. The number of aryl methyl sites for hydroxylation is 1. The second-order valence-electron chi connectivity index (χ2n) is 7.06. The van der Waals surface area contributed by atoms with Gasteiger partial charge in [0.15, 0.2) is 5.65 Å². The van der Waals surface area contributed by atoms with Gasteiger partial charge in [0.25, 0.3) is 0 Å². The number of benzene rings is 1. The summed E-state index contributed by atoms with van der Waals surface area (Å²) in [6.45, 7) is 4.55. The predicted octanol–water partition coefficient (Wildman–Crippen LogP) is 2.73. The molecule has 0 saturated heterocycles. The molecule has 0 amide bonds. The molecule has 0 radical (unpaired) electrons. The summed E-state index contributed by atoms with van der Waals surface area (Å²) in [5.41, 5.74) is 3.38. The zero-order valence-electron chi connectivity index (χ0n) is 16.2. The summed E-state index contributed by atoms with van der Waals surface area (Å²) in [6, 6.07) is 12.0. The molecule has 0 saturated carbocycles. The minimum Gasteiger partial charge on any atom is -0.351 e. The summed E-state index contributed by atoms with van der Waals surface area (Å²) >= 11 is 0. The molecule has 3 aromatic rings. The molecule has 1 atom stereocenters. The molecule has 8 heteroatoms. The number of hydrogen-bond donors (Lipinski definition) is 1. The molecule has 7 nitrogen and oxygen atoms in total. The second kappa shape index (κ2) is 7.52. The first-order valence-electron chi connectivity index (χ1n) is 9.71. The van der Waals surface area contributed by atoms with Crippen molar-refractivity contribution >= 4 is 21.6 Å². The molecule has 4 rings (SSSR count). The van der Waals surface area contributed by atoms with Crippen LogP contribution in [0.5, 0.6) is 0 Å². The molecule has 1 aliphatic carbocycles. The number of aromatic nitrogens is 3. The molecule has 148 valence electrons. The third-order valence-electron chi connectivity index (χ3n) is 5.40. The standard InChI is InChI=1S/C20H25N5O2S/c1-3-24(4-2)28(26,27)18-11-12-19-22-23-20(25(19)14-18)21-17-10-9-15-7-5-6-8-16(15)13-17/h5-8,11-12,14,17H,3-4,9-10,13H2,1-2H3,(H,21,23). The van der Waals surface area contributed by atoms with Crippen LogP contribution in [0.25, 0.3) is 5.65 Å². The highest BCUT2D eigenvalue weighted by molar-refractivity contribution is 7.89. The lowest BCUT2D eigenvalue weighted by Crippen LogP contribution is -2.31. The van der Waals surface area contributed by atoms with E-state index in [4.69, 9.17) is 0 Å². The van der Waals surface area contributed by atoms with E-state index in [1.807, 2.05) is 13.8 Å². The Morgan fingerprint density at radius 3 is 2.61 bits per heavy atom. The zero-order chi connectivity index (χ0) is 19.7. The van der Waals surface area contributed by atoms with Gasteiger partial charge in [-0.25, -0.2) is 8.42 Å². The van der Waals surface area contributed by atoms with E-state index in [1.165, 1.54) is 15.4 Å². The number of fused-ring (bicyclic) bond motifs is 2. The van der Waals surface area contributed by atoms with Crippen LogP contribution in [0.3, 0.4) is 0 Å². The Morgan fingerprint density at radius 2 is 1.86 bits per heavy atom. The van der Waals surface area contributed by atoms with Crippen LogP contribution in [0.4, 0.5) is 5.95 Å². The highest BCUT2D eigenvalue weighted by Crippen LogP contribution is 2.24. The van der Waals surface area contributed by atoms with E-state index in [9.17, 15) is 8.42 Å². The Morgan fingerprint density at radius 1 is 1.11 bits per heavy atom. The number of pyridine rings is 1. The molecule has 0 spiro atoms. The minimum atomic E-state index is -3.53. The minimum absolute atomic E-state index is 0.241. The van der Waals surface area contributed by atoms with Gasteiger partial charge >= 0.3 is 0 Å². The highest BCUT2D eigenvalue weighted by atomic mass is 32.2. The molecule has 1 aromatic carbocycles. The normalized spacial score (nSPS) is 17.0. The van der Waals surface area contributed by atoms with E-state index in [-0.39, 0.29) is 10.9 Å². The third-order valence-corrected chi connectivity index (χ3v) is 7.43. The van der Waals surface area contributed by atoms with E-state index in [0.29, 0.717) is 24.7 Å². The lowest BCUT2D eigenvalue weighted by molar-refractivity contribution is 0.445. The zero-order valence-corrected chi connectivity index (χ0v) is 17.0. The highest BCUT2D eigenvalue weighted by Gasteiger charge is 2.24. The van der Waals surface area contributed by atoms with Gasteiger partial charge < -0.3 is 5.32 Å². The van der Waals surface area contributed by atoms with Crippen molar-refractivity contribution in [1.82, 2.24) is 18.9 Å². The van der Waals surface area contributed by atoms with Gasteiger partial charge in [0.2, 0.25) is 16.0 Å². The van der Waals surface area contributed by atoms with Crippen molar-refractivity contribution < 1.29 is 8.42 Å². The largest absolute Gasteiger partial charge is 0.351 e.